The fraction of sp³-hybridized carbons (Fsp3) is 0.240. The maximum Gasteiger partial charge on any atom is 0.416 e. The number of ether oxygens (including phenoxy) is 2. The molecule has 0 aliphatic heterocycles. The van der Waals surface area contributed by atoms with Gasteiger partial charge in [0, 0.05) is 24.5 Å². The summed E-state index contributed by atoms with van der Waals surface area (Å²) in [5.41, 5.74) is 4.94. The number of alkyl halides is 3. The van der Waals surface area contributed by atoms with Crippen molar-refractivity contribution in [2.75, 3.05) is 7.11 Å². The van der Waals surface area contributed by atoms with E-state index < -0.39 is 11.7 Å². The second-order valence-electron chi connectivity index (χ2n) is 7.63. The smallest absolute Gasteiger partial charge is 0.416 e. The van der Waals surface area contributed by atoms with E-state index in [1.165, 1.54) is 12.1 Å². The van der Waals surface area contributed by atoms with Crippen molar-refractivity contribution in [1.82, 2.24) is 9.55 Å². The number of aryl methyl sites for hydroxylation is 1. The van der Waals surface area contributed by atoms with E-state index in [2.05, 4.69) is 9.55 Å². The molecule has 32 heavy (non-hydrogen) atoms. The zero-order valence-corrected chi connectivity index (χ0v) is 18.0. The first kappa shape index (κ1) is 21.7. The Labute approximate surface area is 184 Å². The highest BCUT2D eigenvalue weighted by Crippen LogP contribution is 2.33. The molecule has 2 heterocycles. The van der Waals surface area contributed by atoms with Crippen LogP contribution in [0.1, 0.15) is 27.9 Å². The summed E-state index contributed by atoms with van der Waals surface area (Å²) in [4.78, 5) is 4.54. The molecule has 0 atom stereocenters. The van der Waals surface area contributed by atoms with Crippen molar-refractivity contribution < 1.29 is 22.6 Å². The number of rotatable bonds is 6. The second-order valence-corrected chi connectivity index (χ2v) is 7.63. The first-order valence-electron chi connectivity index (χ1n) is 10.1. The highest BCUT2D eigenvalue weighted by molar-refractivity contribution is 5.86. The number of aromatic nitrogens is 2. The third-order valence-corrected chi connectivity index (χ3v) is 5.64. The fourth-order valence-corrected chi connectivity index (χ4v) is 3.69. The average Bonchev–Trinajstić information content (AvgIpc) is 3.03. The van der Waals surface area contributed by atoms with E-state index in [1.807, 2.05) is 38.1 Å². The van der Waals surface area contributed by atoms with Gasteiger partial charge < -0.3 is 14.0 Å². The molecule has 0 amide bonds. The van der Waals surface area contributed by atoms with Crippen molar-refractivity contribution in [3.8, 4) is 11.5 Å². The highest BCUT2D eigenvalue weighted by atomic mass is 19.4. The van der Waals surface area contributed by atoms with E-state index in [9.17, 15) is 13.2 Å². The first-order chi connectivity index (χ1) is 15.3. The molecule has 4 aromatic rings. The van der Waals surface area contributed by atoms with E-state index in [1.54, 1.807) is 19.4 Å². The number of fused-ring (bicyclic) bond motifs is 1. The van der Waals surface area contributed by atoms with Crippen molar-refractivity contribution in [2.45, 2.75) is 33.2 Å². The van der Waals surface area contributed by atoms with Gasteiger partial charge in [0.2, 0.25) is 0 Å². The van der Waals surface area contributed by atoms with Crippen LogP contribution in [-0.4, -0.2) is 16.7 Å². The van der Waals surface area contributed by atoms with E-state index in [4.69, 9.17) is 9.47 Å². The molecule has 7 heteroatoms. The number of hydrogen-bond donors (Lipinski definition) is 0. The van der Waals surface area contributed by atoms with Crippen LogP contribution in [0.25, 0.3) is 11.0 Å². The van der Waals surface area contributed by atoms with Gasteiger partial charge in [0.1, 0.15) is 23.6 Å². The minimum absolute atomic E-state index is 0.156. The summed E-state index contributed by atoms with van der Waals surface area (Å²) in [5, 5.41) is 0. The van der Waals surface area contributed by atoms with Gasteiger partial charge in [-0.2, -0.15) is 13.2 Å². The SMILES string of the molecule is COc1ccc(Cn2c(C)c(C)c3nccc(OCc4ccc(C(F)(F)F)cc4)c32)cc1. The Hall–Kier alpha value is -3.48. The monoisotopic (exact) mass is 440 g/mol. The van der Waals surface area contributed by atoms with Crippen LogP contribution in [0.4, 0.5) is 13.2 Å². The van der Waals surface area contributed by atoms with Crippen LogP contribution >= 0.6 is 0 Å². The minimum atomic E-state index is -4.35. The number of nitrogens with zero attached hydrogens (tertiary/aromatic N) is 2. The molecular formula is C25H23F3N2O2. The predicted molar refractivity (Wildman–Crippen MR) is 117 cm³/mol. The Morgan fingerprint density at radius 2 is 1.56 bits per heavy atom. The number of halogens is 3. The van der Waals surface area contributed by atoms with Gasteiger partial charge >= 0.3 is 6.18 Å². The molecule has 4 rings (SSSR count). The van der Waals surface area contributed by atoms with Crippen LogP contribution in [0.5, 0.6) is 11.5 Å². The van der Waals surface area contributed by atoms with Crippen molar-refractivity contribution >= 4 is 11.0 Å². The zero-order valence-electron chi connectivity index (χ0n) is 18.0. The van der Waals surface area contributed by atoms with Crippen molar-refractivity contribution in [2.24, 2.45) is 0 Å². The van der Waals surface area contributed by atoms with E-state index in [-0.39, 0.29) is 6.61 Å². The van der Waals surface area contributed by atoms with E-state index in [0.717, 1.165) is 45.7 Å². The van der Waals surface area contributed by atoms with Gasteiger partial charge in [0.05, 0.1) is 18.2 Å². The Morgan fingerprint density at radius 1 is 0.906 bits per heavy atom. The molecule has 0 bridgehead atoms. The molecule has 0 unspecified atom stereocenters. The Morgan fingerprint density at radius 3 is 2.19 bits per heavy atom. The van der Waals surface area contributed by atoms with Crippen LogP contribution in [0.2, 0.25) is 0 Å². The number of hydrogen-bond acceptors (Lipinski definition) is 3. The van der Waals surface area contributed by atoms with Gasteiger partial charge in [-0.3, -0.25) is 4.98 Å². The molecule has 166 valence electrons. The highest BCUT2D eigenvalue weighted by Gasteiger charge is 2.30. The summed E-state index contributed by atoms with van der Waals surface area (Å²) in [6.45, 7) is 4.85. The zero-order chi connectivity index (χ0) is 22.9. The van der Waals surface area contributed by atoms with E-state index >= 15 is 0 Å². The molecular weight excluding hydrogens is 417 g/mol. The summed E-state index contributed by atoms with van der Waals surface area (Å²) in [6, 6.07) is 14.7. The summed E-state index contributed by atoms with van der Waals surface area (Å²) >= 11 is 0. The molecule has 0 saturated carbocycles. The second kappa shape index (κ2) is 8.57. The molecule has 2 aromatic heterocycles. The molecule has 0 aliphatic carbocycles. The number of methoxy groups -OCH3 is 1. The van der Waals surface area contributed by atoms with Crippen molar-refractivity contribution in [3.05, 3.63) is 88.7 Å². The van der Waals surface area contributed by atoms with Gasteiger partial charge in [-0.1, -0.05) is 24.3 Å². The summed E-state index contributed by atoms with van der Waals surface area (Å²) in [6.07, 6.45) is -2.66. The Bertz CT molecular complexity index is 1230. The van der Waals surface area contributed by atoms with Crippen LogP contribution in [0.3, 0.4) is 0 Å². The summed E-state index contributed by atoms with van der Waals surface area (Å²) < 4.78 is 51.9. The molecule has 0 radical (unpaired) electrons. The Kier molecular flexibility index (Phi) is 5.82. The number of pyridine rings is 1. The predicted octanol–water partition coefficient (Wildman–Crippen LogP) is 6.31. The van der Waals surface area contributed by atoms with E-state index in [0.29, 0.717) is 17.9 Å². The topological polar surface area (TPSA) is 36.3 Å². The molecule has 0 spiro atoms. The largest absolute Gasteiger partial charge is 0.497 e. The maximum atomic E-state index is 12.8. The van der Waals surface area contributed by atoms with Gasteiger partial charge in [0.15, 0.2) is 0 Å². The third kappa shape index (κ3) is 4.28. The third-order valence-electron chi connectivity index (χ3n) is 5.64. The normalized spacial score (nSPS) is 11.7. The summed E-state index contributed by atoms with van der Waals surface area (Å²) in [5.74, 6) is 1.43. The molecule has 0 saturated heterocycles. The van der Waals surface area contributed by atoms with Gasteiger partial charge in [-0.15, -0.1) is 0 Å². The lowest BCUT2D eigenvalue weighted by Gasteiger charge is -2.13. The van der Waals surface area contributed by atoms with Crippen molar-refractivity contribution in [3.63, 3.8) is 0 Å². The molecule has 0 aliphatic rings. The molecule has 0 fully saturated rings. The quantitative estimate of drug-likeness (QED) is 0.353. The Balaban J connectivity index is 1.64. The maximum absolute atomic E-state index is 12.8. The molecule has 0 N–H and O–H groups in total. The fourth-order valence-electron chi connectivity index (χ4n) is 3.69. The van der Waals surface area contributed by atoms with Gasteiger partial charge in [0.25, 0.3) is 0 Å². The standard InChI is InChI=1S/C25H23F3N2O2/c1-16-17(2)30(14-18-6-10-21(31-3)11-7-18)24-22(12-13-29-23(16)24)32-15-19-4-8-20(9-5-19)25(26,27)28/h4-13H,14-15H2,1-3H3. The first-order valence-corrected chi connectivity index (χ1v) is 10.1. The number of benzene rings is 2. The lowest BCUT2D eigenvalue weighted by atomic mass is 10.1. The average molecular weight is 440 g/mol. The van der Waals surface area contributed by atoms with Crippen LogP contribution in [0.15, 0.2) is 60.8 Å². The van der Waals surface area contributed by atoms with Crippen LogP contribution in [-0.2, 0) is 19.3 Å². The minimum Gasteiger partial charge on any atom is -0.497 e. The summed E-state index contributed by atoms with van der Waals surface area (Å²) in [7, 11) is 1.63. The van der Waals surface area contributed by atoms with Gasteiger partial charge in [-0.25, -0.2) is 0 Å². The van der Waals surface area contributed by atoms with Crippen LogP contribution < -0.4 is 9.47 Å². The molecule has 2 aromatic carbocycles. The van der Waals surface area contributed by atoms with Gasteiger partial charge in [-0.05, 0) is 54.8 Å². The lowest BCUT2D eigenvalue weighted by Crippen LogP contribution is -2.06. The molecule has 4 nitrogen and oxygen atoms in total. The lowest BCUT2D eigenvalue weighted by molar-refractivity contribution is -0.137. The van der Waals surface area contributed by atoms with Crippen molar-refractivity contribution in [1.29, 1.82) is 0 Å². The van der Waals surface area contributed by atoms with Crippen LogP contribution in [0, 0.1) is 13.8 Å².